The molecule has 0 saturated heterocycles. The van der Waals surface area contributed by atoms with Gasteiger partial charge in [0.05, 0.1) is 62.6 Å². The summed E-state index contributed by atoms with van der Waals surface area (Å²) in [5.74, 6) is 4.58. The van der Waals surface area contributed by atoms with Gasteiger partial charge < -0.3 is 28.4 Å². The van der Waals surface area contributed by atoms with Crippen LogP contribution in [-0.4, -0.2) is 39.6 Å². The lowest BCUT2D eigenvalue weighted by atomic mass is 9.81. The van der Waals surface area contributed by atoms with Crippen molar-refractivity contribution >= 4 is 11.5 Å². The summed E-state index contributed by atoms with van der Waals surface area (Å²) in [5, 5.41) is 0. The van der Waals surface area contributed by atoms with E-state index in [4.69, 9.17) is 28.4 Å². The van der Waals surface area contributed by atoms with Gasteiger partial charge in [0.2, 0.25) is 0 Å². The Labute approximate surface area is 288 Å². The lowest BCUT2D eigenvalue weighted by Gasteiger charge is -2.25. The zero-order chi connectivity index (χ0) is 33.9. The van der Waals surface area contributed by atoms with Crippen molar-refractivity contribution in [1.29, 1.82) is 0 Å². The average Bonchev–Trinajstić information content (AvgIpc) is 3.61. The summed E-state index contributed by atoms with van der Waals surface area (Å²) in [6.07, 6.45) is 5.41. The molecule has 0 saturated carbocycles. The van der Waals surface area contributed by atoms with Crippen LogP contribution < -0.4 is 9.47 Å². The molecule has 2 aliphatic rings. The minimum absolute atomic E-state index is 0.184. The minimum atomic E-state index is -0.184. The fourth-order valence-corrected chi connectivity index (χ4v) is 6.59. The van der Waals surface area contributed by atoms with Crippen LogP contribution in [0.25, 0.3) is 11.5 Å². The number of benzene rings is 3. The van der Waals surface area contributed by atoms with Crippen molar-refractivity contribution in [3.63, 3.8) is 0 Å². The molecule has 3 aromatic rings. The third-order valence-corrected chi connectivity index (χ3v) is 8.53. The Hall–Kier alpha value is -4.06. The summed E-state index contributed by atoms with van der Waals surface area (Å²) in [6.45, 7) is 16.4. The topological polar surface area (TPSA) is 55.4 Å². The molecule has 0 bridgehead atoms. The standard InChI is InChI=1S/C42H54O6/c1-7-23-43-33-21-15-19-31-35(39(45-25-9-3)41(37(31)33)47-27-11-5)29-17-13-14-18-30(29)36-32-20-16-22-34(44-24-8-2)38(32)42(48-28-12-6)40(36)46-26-10-4/h13-22,35-36H,7-12,23-28H2,1-6H3. The summed E-state index contributed by atoms with van der Waals surface area (Å²) in [7, 11) is 0. The summed E-state index contributed by atoms with van der Waals surface area (Å²) in [5.41, 5.74) is 6.56. The maximum Gasteiger partial charge on any atom is 0.169 e. The van der Waals surface area contributed by atoms with E-state index in [0.29, 0.717) is 39.6 Å². The van der Waals surface area contributed by atoms with Gasteiger partial charge in [-0.2, -0.15) is 0 Å². The Morgan fingerprint density at radius 3 is 1.08 bits per heavy atom. The van der Waals surface area contributed by atoms with Gasteiger partial charge in [0, 0.05) is 0 Å². The molecule has 0 aromatic heterocycles. The van der Waals surface area contributed by atoms with Crippen LogP contribution in [0.4, 0.5) is 0 Å². The van der Waals surface area contributed by atoms with E-state index in [1.54, 1.807) is 0 Å². The van der Waals surface area contributed by atoms with E-state index in [0.717, 1.165) is 106 Å². The zero-order valence-electron chi connectivity index (χ0n) is 29.9. The number of hydrogen-bond acceptors (Lipinski definition) is 6. The van der Waals surface area contributed by atoms with Gasteiger partial charge in [-0.25, -0.2) is 0 Å². The van der Waals surface area contributed by atoms with Crippen LogP contribution in [0.5, 0.6) is 11.5 Å². The fraction of sp³-hybridized carbons (Fsp3) is 0.476. The van der Waals surface area contributed by atoms with E-state index in [-0.39, 0.29) is 11.8 Å². The second-order valence-corrected chi connectivity index (χ2v) is 12.4. The summed E-state index contributed by atoms with van der Waals surface area (Å²) in [4.78, 5) is 0. The van der Waals surface area contributed by atoms with Gasteiger partial charge in [0.25, 0.3) is 0 Å². The molecule has 2 atom stereocenters. The van der Waals surface area contributed by atoms with Crippen molar-refractivity contribution < 1.29 is 28.4 Å². The molecular formula is C42H54O6. The van der Waals surface area contributed by atoms with Crippen LogP contribution in [-0.2, 0) is 18.9 Å². The maximum absolute atomic E-state index is 6.70. The van der Waals surface area contributed by atoms with Crippen LogP contribution in [0.3, 0.4) is 0 Å². The third kappa shape index (κ3) is 7.18. The number of ether oxygens (including phenoxy) is 6. The molecule has 6 nitrogen and oxygen atoms in total. The summed E-state index contributed by atoms with van der Waals surface area (Å²) >= 11 is 0. The lowest BCUT2D eigenvalue weighted by Crippen LogP contribution is -2.13. The van der Waals surface area contributed by atoms with Gasteiger partial charge in [-0.3, -0.25) is 0 Å². The van der Waals surface area contributed by atoms with Gasteiger partial charge in [-0.15, -0.1) is 0 Å². The highest BCUT2D eigenvalue weighted by Crippen LogP contribution is 2.55. The quantitative estimate of drug-likeness (QED) is 0.121. The molecule has 0 aliphatic heterocycles. The van der Waals surface area contributed by atoms with Crippen LogP contribution in [0.15, 0.2) is 72.2 Å². The van der Waals surface area contributed by atoms with Gasteiger partial charge in [0.15, 0.2) is 23.0 Å². The van der Waals surface area contributed by atoms with Crippen molar-refractivity contribution in [3.05, 3.63) is 106 Å². The molecule has 0 N–H and O–H groups in total. The zero-order valence-corrected chi connectivity index (χ0v) is 29.9. The molecular weight excluding hydrogens is 600 g/mol. The van der Waals surface area contributed by atoms with Crippen LogP contribution >= 0.6 is 0 Å². The Morgan fingerprint density at radius 2 is 0.708 bits per heavy atom. The predicted molar refractivity (Wildman–Crippen MR) is 193 cm³/mol. The Balaban J connectivity index is 1.75. The highest BCUT2D eigenvalue weighted by Gasteiger charge is 2.43. The van der Waals surface area contributed by atoms with E-state index < -0.39 is 0 Å². The Kier molecular flexibility index (Phi) is 12.8. The normalized spacial score (nSPS) is 16.5. The Bertz CT molecular complexity index is 1450. The second-order valence-electron chi connectivity index (χ2n) is 12.4. The van der Waals surface area contributed by atoms with Crippen molar-refractivity contribution in [2.24, 2.45) is 0 Å². The van der Waals surface area contributed by atoms with Crippen molar-refractivity contribution in [2.75, 3.05) is 39.6 Å². The van der Waals surface area contributed by atoms with Crippen LogP contribution in [0, 0.1) is 0 Å². The van der Waals surface area contributed by atoms with Gasteiger partial charge >= 0.3 is 0 Å². The molecule has 258 valence electrons. The lowest BCUT2D eigenvalue weighted by molar-refractivity contribution is 0.180. The van der Waals surface area contributed by atoms with E-state index in [2.05, 4.69) is 102 Å². The molecule has 0 fully saturated rings. The summed E-state index contributed by atoms with van der Waals surface area (Å²) in [6, 6.07) is 21.4. The minimum Gasteiger partial charge on any atom is -0.493 e. The van der Waals surface area contributed by atoms with Crippen molar-refractivity contribution in [2.45, 2.75) is 91.9 Å². The predicted octanol–water partition coefficient (Wildman–Crippen LogP) is 10.6. The molecule has 0 heterocycles. The third-order valence-electron chi connectivity index (χ3n) is 8.53. The number of hydrogen-bond donors (Lipinski definition) is 0. The molecule has 0 spiro atoms. The molecule has 6 heteroatoms. The SMILES string of the molecule is CCCOC1=C(OCCC)C(c2ccccc2C2C(OCCC)=C(OCCC)c3c(OCCC)cccc32)c2cccc(OCCC)c21. The first kappa shape index (κ1) is 35.3. The second kappa shape index (κ2) is 17.4. The van der Waals surface area contributed by atoms with Gasteiger partial charge in [0.1, 0.15) is 11.5 Å². The molecule has 3 aromatic carbocycles. The number of allylic oxidation sites excluding steroid dienone is 2. The van der Waals surface area contributed by atoms with Crippen LogP contribution in [0.2, 0.25) is 0 Å². The smallest absolute Gasteiger partial charge is 0.169 e. The average molecular weight is 655 g/mol. The van der Waals surface area contributed by atoms with E-state index in [9.17, 15) is 0 Å². The molecule has 0 radical (unpaired) electrons. The molecule has 2 aliphatic carbocycles. The number of rotatable bonds is 20. The van der Waals surface area contributed by atoms with Crippen molar-refractivity contribution in [3.8, 4) is 11.5 Å². The van der Waals surface area contributed by atoms with Gasteiger partial charge in [-0.05, 0) is 72.9 Å². The Morgan fingerprint density at radius 1 is 0.375 bits per heavy atom. The first-order valence-electron chi connectivity index (χ1n) is 18.2. The van der Waals surface area contributed by atoms with Gasteiger partial charge in [-0.1, -0.05) is 90.1 Å². The van der Waals surface area contributed by atoms with E-state index in [1.165, 1.54) is 0 Å². The highest BCUT2D eigenvalue weighted by atomic mass is 16.5. The molecule has 5 rings (SSSR count). The summed E-state index contributed by atoms with van der Waals surface area (Å²) < 4.78 is 39.3. The monoisotopic (exact) mass is 654 g/mol. The maximum atomic E-state index is 6.70. The van der Waals surface area contributed by atoms with Crippen LogP contribution in [0.1, 0.15) is 125 Å². The fourth-order valence-electron chi connectivity index (χ4n) is 6.59. The van der Waals surface area contributed by atoms with E-state index in [1.807, 2.05) is 0 Å². The molecule has 0 amide bonds. The first-order valence-corrected chi connectivity index (χ1v) is 18.2. The first-order chi connectivity index (χ1) is 23.6. The van der Waals surface area contributed by atoms with E-state index >= 15 is 0 Å². The largest absolute Gasteiger partial charge is 0.493 e. The molecule has 2 unspecified atom stereocenters. The van der Waals surface area contributed by atoms with Crippen molar-refractivity contribution in [1.82, 2.24) is 0 Å². The highest BCUT2D eigenvalue weighted by molar-refractivity contribution is 5.82. The molecule has 48 heavy (non-hydrogen) atoms. The number of fused-ring (bicyclic) bond motifs is 2.